The van der Waals surface area contributed by atoms with Gasteiger partial charge in [0.15, 0.2) is 0 Å². The van der Waals surface area contributed by atoms with Gasteiger partial charge in [-0.1, -0.05) is 6.92 Å². The summed E-state index contributed by atoms with van der Waals surface area (Å²) >= 11 is 0. The van der Waals surface area contributed by atoms with E-state index in [-0.39, 0.29) is 5.96 Å². The second-order valence-corrected chi connectivity index (χ2v) is 8.29. The predicted molar refractivity (Wildman–Crippen MR) is 102 cm³/mol. The molecule has 4 N–H and O–H groups in total. The van der Waals surface area contributed by atoms with E-state index in [0.29, 0.717) is 17.4 Å². The fraction of sp³-hybridized carbons (Fsp3) is 0.895. The molecule has 2 aliphatic carbocycles. The van der Waals surface area contributed by atoms with Crippen LogP contribution in [0.25, 0.3) is 0 Å². The van der Waals surface area contributed by atoms with Crippen LogP contribution >= 0.6 is 0 Å². The number of nitrogens with one attached hydrogen (secondary N) is 2. The molecule has 0 aromatic heterocycles. The van der Waals surface area contributed by atoms with E-state index in [0.717, 1.165) is 31.7 Å². The van der Waals surface area contributed by atoms with Crippen molar-refractivity contribution in [1.29, 1.82) is 5.41 Å². The Morgan fingerprint density at radius 1 is 1.32 bits per heavy atom. The molecular weight excluding hydrogens is 314 g/mol. The van der Waals surface area contributed by atoms with Crippen molar-refractivity contribution in [2.45, 2.75) is 70.8 Å². The molecule has 1 spiro atoms. The van der Waals surface area contributed by atoms with Gasteiger partial charge in [0.1, 0.15) is 0 Å². The third-order valence-electron chi connectivity index (χ3n) is 6.72. The van der Waals surface area contributed by atoms with Gasteiger partial charge in [-0.05, 0) is 82.2 Å². The van der Waals surface area contributed by atoms with Crippen LogP contribution in [-0.2, 0) is 4.74 Å². The maximum atomic E-state index is 7.23. The van der Waals surface area contributed by atoms with E-state index in [9.17, 15) is 0 Å². The van der Waals surface area contributed by atoms with Crippen molar-refractivity contribution < 1.29 is 4.74 Å². The van der Waals surface area contributed by atoms with Crippen LogP contribution in [0.4, 0.5) is 0 Å². The van der Waals surface area contributed by atoms with Crippen molar-refractivity contribution in [3.8, 4) is 0 Å². The van der Waals surface area contributed by atoms with Gasteiger partial charge in [0.05, 0.1) is 12.7 Å². The molecule has 2 saturated carbocycles. The predicted octanol–water partition coefficient (Wildman–Crippen LogP) is 2.69. The topological polar surface area (TPSA) is 86.7 Å². The van der Waals surface area contributed by atoms with Gasteiger partial charge >= 0.3 is 0 Å². The lowest BCUT2D eigenvalue weighted by molar-refractivity contribution is -0.0284. The molecule has 3 rings (SSSR count). The van der Waals surface area contributed by atoms with Gasteiger partial charge in [0.2, 0.25) is 5.96 Å². The molecular formula is C19H35N5O. The molecule has 0 amide bonds. The number of likely N-dealkylation sites (tertiary alicyclic amines) is 1. The molecule has 25 heavy (non-hydrogen) atoms. The van der Waals surface area contributed by atoms with Crippen LogP contribution < -0.4 is 11.2 Å². The van der Waals surface area contributed by atoms with Gasteiger partial charge in [0.25, 0.3) is 0 Å². The van der Waals surface area contributed by atoms with Crippen LogP contribution in [0, 0.1) is 16.7 Å². The summed E-state index contributed by atoms with van der Waals surface area (Å²) < 4.78 is 6.19. The molecule has 0 aromatic rings. The number of guanidine groups is 1. The monoisotopic (exact) mass is 349 g/mol. The van der Waals surface area contributed by atoms with Gasteiger partial charge < -0.3 is 15.4 Å². The minimum absolute atomic E-state index is 0.0768. The molecule has 6 nitrogen and oxygen atoms in total. The average molecular weight is 350 g/mol. The first-order valence-corrected chi connectivity index (χ1v) is 10.1. The Labute approximate surface area is 152 Å². The van der Waals surface area contributed by atoms with Crippen molar-refractivity contribution in [2.24, 2.45) is 22.2 Å². The third kappa shape index (κ3) is 4.94. The van der Waals surface area contributed by atoms with E-state index in [1.165, 1.54) is 58.0 Å². The molecule has 3 fully saturated rings. The summed E-state index contributed by atoms with van der Waals surface area (Å²) in [5, 5.41) is 11.5. The zero-order chi connectivity index (χ0) is 17.7. The van der Waals surface area contributed by atoms with Crippen LogP contribution in [0.2, 0.25) is 0 Å². The second kappa shape index (κ2) is 8.49. The number of ether oxygens (including phenoxy) is 1. The van der Waals surface area contributed by atoms with Crippen LogP contribution in [0.15, 0.2) is 5.10 Å². The van der Waals surface area contributed by atoms with Gasteiger partial charge in [-0.25, -0.2) is 5.43 Å². The second-order valence-electron chi connectivity index (χ2n) is 8.29. The first kappa shape index (κ1) is 18.6. The summed E-state index contributed by atoms with van der Waals surface area (Å²) in [4.78, 5) is 2.53. The molecule has 0 radical (unpaired) electrons. The van der Waals surface area contributed by atoms with E-state index < -0.39 is 0 Å². The van der Waals surface area contributed by atoms with Crippen molar-refractivity contribution in [3.05, 3.63) is 0 Å². The highest BCUT2D eigenvalue weighted by molar-refractivity contribution is 5.87. The summed E-state index contributed by atoms with van der Waals surface area (Å²) in [7, 11) is 0. The summed E-state index contributed by atoms with van der Waals surface area (Å²) in [6, 6.07) is 0. The molecule has 0 bridgehead atoms. The molecule has 142 valence electrons. The first-order valence-electron chi connectivity index (χ1n) is 10.1. The van der Waals surface area contributed by atoms with E-state index in [1.54, 1.807) is 0 Å². The number of hydrogen-bond donors (Lipinski definition) is 3. The van der Waals surface area contributed by atoms with Crippen molar-refractivity contribution in [3.63, 3.8) is 0 Å². The van der Waals surface area contributed by atoms with Gasteiger partial charge in [-0.15, -0.1) is 0 Å². The Balaban J connectivity index is 1.40. The number of hydrazone groups is 1. The van der Waals surface area contributed by atoms with E-state index in [2.05, 4.69) is 22.4 Å². The van der Waals surface area contributed by atoms with E-state index >= 15 is 0 Å². The van der Waals surface area contributed by atoms with Gasteiger partial charge in [-0.2, -0.15) is 5.10 Å². The third-order valence-corrected chi connectivity index (χ3v) is 6.72. The fourth-order valence-corrected chi connectivity index (χ4v) is 4.98. The number of nitrogens with zero attached hydrogens (tertiary/aromatic N) is 2. The lowest BCUT2D eigenvalue weighted by atomic mass is 9.59. The van der Waals surface area contributed by atoms with Gasteiger partial charge in [-0.3, -0.25) is 5.41 Å². The standard InChI is InChI=1S/C19H35N5O/c1-15-14-16(22-23-18(20)21)4-7-19(15)8-5-17(6-9-19)25-13-12-24-10-2-3-11-24/h15,17H,2-14H2,1H3,(H4,20,21,23). The molecule has 1 heterocycles. The SMILES string of the molecule is CC1CC(=NNC(=N)N)CCC12CCC(OCCN1CCCC1)CC2. The normalized spacial score (nSPS) is 35.3. The summed E-state index contributed by atoms with van der Waals surface area (Å²) in [5.41, 5.74) is 9.57. The van der Waals surface area contributed by atoms with Crippen molar-refractivity contribution >= 4 is 11.7 Å². The number of hydrogen-bond acceptors (Lipinski definition) is 4. The lowest BCUT2D eigenvalue weighted by Crippen LogP contribution is -2.41. The van der Waals surface area contributed by atoms with Gasteiger partial charge in [0, 0.05) is 12.3 Å². The smallest absolute Gasteiger partial charge is 0.206 e. The average Bonchev–Trinajstić information content (AvgIpc) is 3.11. The Hall–Kier alpha value is -1.14. The zero-order valence-electron chi connectivity index (χ0n) is 15.7. The van der Waals surface area contributed by atoms with Crippen LogP contribution in [-0.4, -0.2) is 48.9 Å². The van der Waals surface area contributed by atoms with Crippen molar-refractivity contribution in [1.82, 2.24) is 10.3 Å². The maximum absolute atomic E-state index is 7.23. The molecule has 1 unspecified atom stereocenters. The maximum Gasteiger partial charge on any atom is 0.206 e. The largest absolute Gasteiger partial charge is 0.377 e. The number of nitrogens with two attached hydrogens (primary N) is 1. The fourth-order valence-electron chi connectivity index (χ4n) is 4.98. The highest BCUT2D eigenvalue weighted by atomic mass is 16.5. The Bertz CT molecular complexity index is 478. The molecule has 1 aliphatic heterocycles. The summed E-state index contributed by atoms with van der Waals surface area (Å²) in [6.07, 6.45) is 11.5. The Morgan fingerprint density at radius 2 is 2.04 bits per heavy atom. The van der Waals surface area contributed by atoms with E-state index in [4.69, 9.17) is 15.9 Å². The van der Waals surface area contributed by atoms with Crippen LogP contribution in [0.1, 0.15) is 64.7 Å². The molecule has 6 heteroatoms. The minimum Gasteiger partial charge on any atom is -0.377 e. The molecule has 1 atom stereocenters. The molecule has 1 saturated heterocycles. The van der Waals surface area contributed by atoms with E-state index in [1.807, 2.05) is 0 Å². The van der Waals surface area contributed by atoms with Crippen molar-refractivity contribution in [2.75, 3.05) is 26.2 Å². The first-order chi connectivity index (χ1) is 12.1. The summed E-state index contributed by atoms with van der Waals surface area (Å²) in [6.45, 7) is 6.91. The summed E-state index contributed by atoms with van der Waals surface area (Å²) in [5.74, 6) is 0.575. The highest BCUT2D eigenvalue weighted by Crippen LogP contribution is 2.50. The zero-order valence-corrected chi connectivity index (χ0v) is 15.7. The number of rotatable bonds is 5. The highest BCUT2D eigenvalue weighted by Gasteiger charge is 2.42. The quantitative estimate of drug-likeness (QED) is 0.405. The molecule has 0 aromatic carbocycles. The molecule has 3 aliphatic rings. The Kier molecular flexibility index (Phi) is 6.34. The Morgan fingerprint density at radius 3 is 2.68 bits per heavy atom. The minimum atomic E-state index is -0.0768. The van der Waals surface area contributed by atoms with Crippen LogP contribution in [0.5, 0.6) is 0 Å². The van der Waals surface area contributed by atoms with Crippen LogP contribution in [0.3, 0.4) is 0 Å². The lowest BCUT2D eigenvalue weighted by Gasteiger charge is -2.47.